The fourth-order valence-electron chi connectivity index (χ4n) is 3.28. The summed E-state index contributed by atoms with van der Waals surface area (Å²) in [4.78, 5) is 14.6. The molecule has 10 heteroatoms. The monoisotopic (exact) mass is 441 g/mol. The molecule has 0 unspecified atom stereocenters. The number of hydrogen-bond donors (Lipinski definition) is 0. The van der Waals surface area contributed by atoms with Crippen LogP contribution in [0.25, 0.3) is 11.1 Å². The van der Waals surface area contributed by atoms with Crippen molar-refractivity contribution in [3.8, 4) is 11.1 Å². The maximum absolute atomic E-state index is 13.1. The van der Waals surface area contributed by atoms with Crippen LogP contribution < -0.4 is 0 Å². The van der Waals surface area contributed by atoms with Crippen LogP contribution in [-0.2, 0) is 16.4 Å². The lowest BCUT2D eigenvalue weighted by atomic mass is 9.97. The summed E-state index contributed by atoms with van der Waals surface area (Å²) in [6.45, 7) is 0.809. The van der Waals surface area contributed by atoms with Crippen LogP contribution in [0, 0.1) is 0 Å². The highest BCUT2D eigenvalue weighted by molar-refractivity contribution is 7.86. The fraction of sp³-hybridized carbons (Fsp3) is 0.350. The summed E-state index contributed by atoms with van der Waals surface area (Å²) in [6, 6.07) is 11.4. The van der Waals surface area contributed by atoms with Crippen LogP contribution in [0.2, 0.25) is 0 Å². The Bertz CT molecular complexity index is 1010. The van der Waals surface area contributed by atoms with Crippen molar-refractivity contribution in [1.82, 2.24) is 13.5 Å². The number of nitrogens with zero attached hydrogens (tertiary/aromatic N) is 3. The molecule has 0 saturated carbocycles. The van der Waals surface area contributed by atoms with E-state index < -0.39 is 21.9 Å². The highest BCUT2D eigenvalue weighted by atomic mass is 32.2. The molecule has 0 bridgehead atoms. The SMILES string of the molecule is CN(C)S(=O)(=O)N1CCN(C(=O)c2ccccc2-c2ccc(C(F)(F)F)cc2)CC1. The van der Waals surface area contributed by atoms with Gasteiger partial charge in [0.1, 0.15) is 0 Å². The van der Waals surface area contributed by atoms with E-state index in [4.69, 9.17) is 0 Å². The number of benzene rings is 2. The number of carbonyl (C=O) groups is 1. The Labute approximate surface area is 173 Å². The second-order valence-corrected chi connectivity index (χ2v) is 9.24. The topological polar surface area (TPSA) is 60.9 Å². The normalized spacial score (nSPS) is 16.1. The predicted octanol–water partition coefficient (Wildman–Crippen LogP) is 2.94. The van der Waals surface area contributed by atoms with Gasteiger partial charge in [-0.3, -0.25) is 4.79 Å². The van der Waals surface area contributed by atoms with Crippen LogP contribution in [0.3, 0.4) is 0 Å². The number of rotatable bonds is 4. The first-order valence-electron chi connectivity index (χ1n) is 9.25. The minimum absolute atomic E-state index is 0.175. The second-order valence-electron chi connectivity index (χ2n) is 7.10. The van der Waals surface area contributed by atoms with E-state index in [2.05, 4.69) is 0 Å². The highest BCUT2D eigenvalue weighted by Gasteiger charge is 2.32. The average molecular weight is 441 g/mol. The number of carbonyl (C=O) groups excluding carboxylic acids is 1. The largest absolute Gasteiger partial charge is 0.416 e. The third-order valence-corrected chi connectivity index (χ3v) is 6.93. The summed E-state index contributed by atoms with van der Waals surface area (Å²) >= 11 is 0. The molecule has 1 fully saturated rings. The molecule has 0 spiro atoms. The van der Waals surface area contributed by atoms with Crippen molar-refractivity contribution in [2.24, 2.45) is 0 Å². The van der Waals surface area contributed by atoms with E-state index in [1.165, 1.54) is 30.5 Å². The second kappa shape index (κ2) is 8.37. The third-order valence-electron chi connectivity index (χ3n) is 4.99. The maximum atomic E-state index is 13.1. The fourth-order valence-corrected chi connectivity index (χ4v) is 4.37. The van der Waals surface area contributed by atoms with E-state index in [1.807, 2.05) is 0 Å². The Morgan fingerprint density at radius 1 is 0.933 bits per heavy atom. The van der Waals surface area contributed by atoms with Crippen LogP contribution in [0.5, 0.6) is 0 Å². The number of hydrogen-bond acceptors (Lipinski definition) is 3. The smallest absolute Gasteiger partial charge is 0.336 e. The molecule has 0 atom stereocenters. The van der Waals surface area contributed by atoms with Crippen LogP contribution >= 0.6 is 0 Å². The Morgan fingerprint density at radius 2 is 1.50 bits per heavy atom. The molecule has 0 radical (unpaired) electrons. The Kier molecular flexibility index (Phi) is 6.21. The summed E-state index contributed by atoms with van der Waals surface area (Å²) in [5, 5.41) is 0. The van der Waals surface area contributed by atoms with Gasteiger partial charge in [0.2, 0.25) is 0 Å². The molecular weight excluding hydrogens is 419 g/mol. The predicted molar refractivity (Wildman–Crippen MR) is 107 cm³/mol. The van der Waals surface area contributed by atoms with Gasteiger partial charge >= 0.3 is 6.18 Å². The lowest BCUT2D eigenvalue weighted by Gasteiger charge is -2.35. The van der Waals surface area contributed by atoms with Crippen LogP contribution in [0.1, 0.15) is 15.9 Å². The van der Waals surface area contributed by atoms with Crippen molar-refractivity contribution >= 4 is 16.1 Å². The minimum Gasteiger partial charge on any atom is -0.336 e. The number of halogens is 3. The quantitative estimate of drug-likeness (QED) is 0.733. The molecule has 1 aliphatic rings. The first kappa shape index (κ1) is 22.3. The van der Waals surface area contributed by atoms with Gasteiger partial charge in [0.05, 0.1) is 5.56 Å². The molecule has 1 aliphatic heterocycles. The lowest BCUT2D eigenvalue weighted by molar-refractivity contribution is -0.137. The Hall–Kier alpha value is -2.43. The average Bonchev–Trinajstić information content (AvgIpc) is 2.72. The van der Waals surface area contributed by atoms with Gasteiger partial charge in [0, 0.05) is 45.8 Å². The van der Waals surface area contributed by atoms with Crippen molar-refractivity contribution in [3.63, 3.8) is 0 Å². The molecule has 0 aliphatic carbocycles. The minimum atomic E-state index is -4.43. The van der Waals surface area contributed by atoms with Crippen LogP contribution in [-0.4, -0.2) is 68.1 Å². The standard InChI is InChI=1S/C20H22F3N3O3S/c1-24(2)30(28,29)26-13-11-25(12-14-26)19(27)18-6-4-3-5-17(18)15-7-9-16(10-8-15)20(21,22)23/h3-10H,11-14H2,1-2H3. The summed E-state index contributed by atoms with van der Waals surface area (Å²) in [7, 11) is -0.641. The Balaban J connectivity index is 1.80. The van der Waals surface area contributed by atoms with E-state index in [-0.39, 0.29) is 32.1 Å². The highest BCUT2D eigenvalue weighted by Crippen LogP contribution is 2.32. The van der Waals surface area contributed by atoms with E-state index in [0.29, 0.717) is 16.7 Å². The molecule has 162 valence electrons. The zero-order valence-corrected chi connectivity index (χ0v) is 17.4. The van der Waals surface area contributed by atoms with Gasteiger partial charge in [-0.25, -0.2) is 0 Å². The third kappa shape index (κ3) is 4.50. The molecule has 1 heterocycles. The van der Waals surface area contributed by atoms with Crippen LogP contribution in [0.15, 0.2) is 48.5 Å². The molecule has 3 rings (SSSR count). The van der Waals surface area contributed by atoms with Gasteiger partial charge in [-0.2, -0.15) is 30.2 Å². The summed E-state index contributed by atoms with van der Waals surface area (Å²) in [5.41, 5.74) is 0.634. The molecule has 6 nitrogen and oxygen atoms in total. The molecule has 30 heavy (non-hydrogen) atoms. The van der Waals surface area contributed by atoms with Gasteiger partial charge in [-0.1, -0.05) is 30.3 Å². The lowest BCUT2D eigenvalue weighted by Crippen LogP contribution is -2.53. The molecule has 2 aromatic carbocycles. The summed E-state index contributed by atoms with van der Waals surface area (Å²) in [5.74, 6) is -0.285. The molecule has 1 saturated heterocycles. The van der Waals surface area contributed by atoms with E-state index in [9.17, 15) is 26.4 Å². The van der Waals surface area contributed by atoms with Gasteiger partial charge in [-0.05, 0) is 29.3 Å². The Morgan fingerprint density at radius 3 is 2.03 bits per heavy atom. The molecular formula is C20H22F3N3O3S. The van der Waals surface area contributed by atoms with Crippen molar-refractivity contribution in [2.45, 2.75) is 6.18 Å². The summed E-state index contributed by atoms with van der Waals surface area (Å²) in [6.07, 6.45) is -4.43. The van der Waals surface area contributed by atoms with Crippen molar-refractivity contribution in [2.75, 3.05) is 40.3 Å². The van der Waals surface area contributed by atoms with Gasteiger partial charge < -0.3 is 4.90 Å². The van der Waals surface area contributed by atoms with Crippen molar-refractivity contribution < 1.29 is 26.4 Å². The maximum Gasteiger partial charge on any atom is 0.416 e. The molecule has 2 aromatic rings. The zero-order valence-electron chi connectivity index (χ0n) is 16.6. The molecule has 1 amide bonds. The van der Waals surface area contributed by atoms with Gasteiger partial charge in [-0.15, -0.1) is 0 Å². The number of alkyl halides is 3. The van der Waals surface area contributed by atoms with E-state index >= 15 is 0 Å². The molecule has 0 aromatic heterocycles. The molecule has 0 N–H and O–H groups in total. The van der Waals surface area contributed by atoms with Gasteiger partial charge in [0.25, 0.3) is 16.1 Å². The van der Waals surface area contributed by atoms with Gasteiger partial charge in [0.15, 0.2) is 0 Å². The summed E-state index contributed by atoms with van der Waals surface area (Å²) < 4.78 is 65.4. The number of amides is 1. The van der Waals surface area contributed by atoms with E-state index in [1.54, 1.807) is 29.2 Å². The number of piperazine rings is 1. The van der Waals surface area contributed by atoms with E-state index in [0.717, 1.165) is 16.4 Å². The first-order valence-corrected chi connectivity index (χ1v) is 10.6. The zero-order chi connectivity index (χ0) is 22.1. The van der Waals surface area contributed by atoms with Crippen LogP contribution in [0.4, 0.5) is 13.2 Å². The van der Waals surface area contributed by atoms with Crippen molar-refractivity contribution in [3.05, 3.63) is 59.7 Å². The first-order chi connectivity index (χ1) is 14.0. The van der Waals surface area contributed by atoms with Crippen molar-refractivity contribution in [1.29, 1.82) is 0 Å².